The molecule has 3 rings (SSSR count). The Balaban J connectivity index is 1.62. The van der Waals surface area contributed by atoms with Crippen molar-refractivity contribution in [3.63, 3.8) is 0 Å². The van der Waals surface area contributed by atoms with Crippen molar-refractivity contribution in [2.45, 2.75) is 50.7 Å². The Morgan fingerprint density at radius 2 is 1.66 bits per heavy atom. The minimum absolute atomic E-state index is 0.122. The molecule has 2 atom stereocenters. The molecule has 2 aromatic carbocycles. The molecular weight excluding hydrogens is 404 g/mol. The third-order valence-electron chi connectivity index (χ3n) is 5.63. The first-order chi connectivity index (χ1) is 15.5. The van der Waals surface area contributed by atoms with E-state index in [1.807, 2.05) is 61.5 Å². The Morgan fingerprint density at radius 3 is 2.31 bits per heavy atom. The minimum atomic E-state index is -0.752. The Hall–Kier alpha value is -2.90. The largest absolute Gasteiger partial charge is 0.494 e. The second-order valence-electron chi connectivity index (χ2n) is 8.17. The number of carbonyl (C=O) groups is 2. The van der Waals surface area contributed by atoms with Gasteiger partial charge >= 0.3 is 0 Å². The Bertz CT molecular complexity index is 851. The summed E-state index contributed by atoms with van der Waals surface area (Å²) in [6.45, 7) is 4.30. The van der Waals surface area contributed by atoms with Crippen LogP contribution in [0.5, 0.6) is 5.75 Å². The average Bonchev–Trinajstić information content (AvgIpc) is 2.81. The SMILES string of the molecule is CCOc1ccc(C[C@@H](N)C(=O)N[C@@H](Cc2ccccc2)C(=O)NC2CCNCC2)cc1. The van der Waals surface area contributed by atoms with Crippen molar-refractivity contribution in [3.8, 4) is 5.75 Å². The van der Waals surface area contributed by atoms with E-state index in [1.165, 1.54) is 0 Å². The summed E-state index contributed by atoms with van der Waals surface area (Å²) < 4.78 is 5.45. The van der Waals surface area contributed by atoms with Crippen LogP contribution < -0.4 is 26.4 Å². The summed E-state index contributed by atoms with van der Waals surface area (Å²) in [5.74, 6) is 0.287. The van der Waals surface area contributed by atoms with Gasteiger partial charge in [-0.1, -0.05) is 42.5 Å². The first-order valence-electron chi connectivity index (χ1n) is 11.4. The number of amides is 2. The van der Waals surface area contributed by atoms with E-state index in [0.717, 1.165) is 42.8 Å². The first-order valence-corrected chi connectivity index (χ1v) is 11.4. The quantitative estimate of drug-likeness (QED) is 0.451. The minimum Gasteiger partial charge on any atom is -0.494 e. The second kappa shape index (κ2) is 12.2. The highest BCUT2D eigenvalue weighted by Crippen LogP contribution is 2.13. The highest BCUT2D eigenvalue weighted by atomic mass is 16.5. The molecule has 1 aliphatic rings. The molecule has 172 valence electrons. The van der Waals surface area contributed by atoms with E-state index in [4.69, 9.17) is 10.5 Å². The Labute approximate surface area is 190 Å². The Morgan fingerprint density at radius 1 is 1.00 bits per heavy atom. The van der Waals surface area contributed by atoms with Crippen LogP contribution in [-0.4, -0.2) is 49.6 Å². The van der Waals surface area contributed by atoms with Crippen LogP contribution in [0.3, 0.4) is 0 Å². The predicted molar refractivity (Wildman–Crippen MR) is 125 cm³/mol. The molecule has 0 bridgehead atoms. The molecule has 1 aliphatic heterocycles. The van der Waals surface area contributed by atoms with Gasteiger partial charge < -0.3 is 26.4 Å². The number of hydrogen-bond acceptors (Lipinski definition) is 5. The zero-order valence-corrected chi connectivity index (χ0v) is 18.7. The maximum absolute atomic E-state index is 13.0. The number of benzene rings is 2. The fourth-order valence-corrected chi connectivity index (χ4v) is 3.84. The maximum atomic E-state index is 13.0. The van der Waals surface area contributed by atoms with Crippen LogP contribution in [-0.2, 0) is 22.4 Å². The third-order valence-corrected chi connectivity index (χ3v) is 5.63. The molecule has 7 nitrogen and oxygen atoms in total. The fraction of sp³-hybridized carbons (Fsp3) is 0.440. The molecule has 1 heterocycles. The van der Waals surface area contributed by atoms with Crippen LogP contribution in [0.1, 0.15) is 30.9 Å². The summed E-state index contributed by atoms with van der Waals surface area (Å²) in [6, 6.07) is 15.9. The van der Waals surface area contributed by atoms with Crippen molar-refractivity contribution < 1.29 is 14.3 Å². The summed E-state index contributed by atoms with van der Waals surface area (Å²) >= 11 is 0. The van der Waals surface area contributed by atoms with Gasteiger partial charge in [-0.15, -0.1) is 0 Å². The third kappa shape index (κ3) is 7.35. The van der Waals surface area contributed by atoms with Crippen LogP contribution >= 0.6 is 0 Å². The highest BCUT2D eigenvalue weighted by Gasteiger charge is 2.26. The lowest BCUT2D eigenvalue weighted by Gasteiger charge is -2.27. The molecule has 0 aliphatic carbocycles. The lowest BCUT2D eigenvalue weighted by molar-refractivity contribution is -0.130. The molecule has 0 spiro atoms. The maximum Gasteiger partial charge on any atom is 0.243 e. The number of nitrogens with two attached hydrogens (primary N) is 1. The molecule has 0 radical (unpaired) electrons. The monoisotopic (exact) mass is 438 g/mol. The molecule has 7 heteroatoms. The van der Waals surface area contributed by atoms with E-state index >= 15 is 0 Å². The van der Waals surface area contributed by atoms with Crippen molar-refractivity contribution in [1.29, 1.82) is 0 Å². The van der Waals surface area contributed by atoms with Gasteiger partial charge in [-0.05, 0) is 62.5 Å². The number of carbonyl (C=O) groups excluding carboxylic acids is 2. The number of nitrogens with one attached hydrogen (secondary N) is 3. The van der Waals surface area contributed by atoms with Gasteiger partial charge in [0.05, 0.1) is 12.6 Å². The summed E-state index contributed by atoms with van der Waals surface area (Å²) in [5.41, 5.74) is 8.11. The van der Waals surface area contributed by atoms with E-state index in [1.54, 1.807) is 0 Å². The van der Waals surface area contributed by atoms with Gasteiger partial charge in [-0.25, -0.2) is 0 Å². The zero-order chi connectivity index (χ0) is 22.8. The molecule has 2 aromatic rings. The standard InChI is InChI=1S/C25H34N4O3/c1-2-32-21-10-8-19(9-11-21)16-22(26)24(30)29-23(17-18-6-4-3-5-7-18)25(31)28-20-12-14-27-15-13-20/h3-11,20,22-23,27H,2,12-17,26H2,1H3,(H,28,31)(H,29,30)/t22-,23+/m1/s1. The summed E-state index contributed by atoms with van der Waals surface area (Å²) in [4.78, 5) is 25.9. The average molecular weight is 439 g/mol. The lowest BCUT2D eigenvalue weighted by atomic mass is 10.0. The number of hydrogen-bond donors (Lipinski definition) is 4. The van der Waals surface area contributed by atoms with Gasteiger partial charge in [0.15, 0.2) is 0 Å². The fourth-order valence-electron chi connectivity index (χ4n) is 3.84. The van der Waals surface area contributed by atoms with E-state index < -0.39 is 12.1 Å². The van der Waals surface area contributed by atoms with Gasteiger partial charge in [-0.3, -0.25) is 9.59 Å². The number of rotatable bonds is 10. The molecule has 5 N–H and O–H groups in total. The van der Waals surface area contributed by atoms with Crippen molar-refractivity contribution in [3.05, 3.63) is 65.7 Å². The topological polar surface area (TPSA) is 105 Å². The summed E-state index contributed by atoms with van der Waals surface area (Å²) in [5, 5.41) is 9.29. The predicted octanol–water partition coefficient (Wildman–Crippen LogP) is 1.55. The number of piperidine rings is 1. The van der Waals surface area contributed by atoms with Gasteiger partial charge in [0.1, 0.15) is 11.8 Å². The van der Waals surface area contributed by atoms with E-state index in [0.29, 0.717) is 19.4 Å². The van der Waals surface area contributed by atoms with Crippen LogP contribution in [0.15, 0.2) is 54.6 Å². The molecule has 1 fully saturated rings. The number of ether oxygens (including phenoxy) is 1. The molecule has 0 saturated carbocycles. The van der Waals surface area contributed by atoms with E-state index in [-0.39, 0.29) is 17.9 Å². The van der Waals surface area contributed by atoms with Crippen molar-refractivity contribution in [2.75, 3.05) is 19.7 Å². The van der Waals surface area contributed by atoms with Crippen molar-refractivity contribution in [1.82, 2.24) is 16.0 Å². The zero-order valence-electron chi connectivity index (χ0n) is 18.7. The Kier molecular flexibility index (Phi) is 9.07. The first kappa shape index (κ1) is 23.8. The van der Waals surface area contributed by atoms with Crippen LogP contribution in [0, 0.1) is 0 Å². The van der Waals surface area contributed by atoms with Gasteiger partial charge in [0.2, 0.25) is 11.8 Å². The summed E-state index contributed by atoms with van der Waals surface area (Å²) in [6.07, 6.45) is 2.56. The molecule has 0 aromatic heterocycles. The van der Waals surface area contributed by atoms with E-state index in [9.17, 15) is 9.59 Å². The molecule has 2 amide bonds. The molecule has 32 heavy (non-hydrogen) atoms. The van der Waals surface area contributed by atoms with Crippen molar-refractivity contribution >= 4 is 11.8 Å². The van der Waals surface area contributed by atoms with Crippen LogP contribution in [0.2, 0.25) is 0 Å². The second-order valence-corrected chi connectivity index (χ2v) is 8.17. The summed E-state index contributed by atoms with van der Waals surface area (Å²) in [7, 11) is 0. The van der Waals surface area contributed by atoms with Gasteiger partial charge in [0, 0.05) is 12.5 Å². The van der Waals surface area contributed by atoms with Crippen LogP contribution in [0.4, 0.5) is 0 Å². The highest BCUT2D eigenvalue weighted by molar-refractivity contribution is 5.90. The molecular formula is C25H34N4O3. The van der Waals surface area contributed by atoms with E-state index in [2.05, 4.69) is 16.0 Å². The molecule has 1 saturated heterocycles. The van der Waals surface area contributed by atoms with Crippen molar-refractivity contribution in [2.24, 2.45) is 5.73 Å². The molecule has 0 unspecified atom stereocenters. The van der Waals surface area contributed by atoms with Gasteiger partial charge in [-0.2, -0.15) is 0 Å². The van der Waals surface area contributed by atoms with Gasteiger partial charge in [0.25, 0.3) is 0 Å². The lowest BCUT2D eigenvalue weighted by Crippen LogP contribution is -2.55. The van der Waals surface area contributed by atoms with Crippen LogP contribution in [0.25, 0.3) is 0 Å². The normalized spacial score (nSPS) is 16.1. The smallest absolute Gasteiger partial charge is 0.243 e.